The molecule has 1 N–H and O–H groups in total. The zero-order valence-electron chi connectivity index (χ0n) is 10.9. The van der Waals surface area contributed by atoms with Crippen LogP contribution in [0.2, 0.25) is 0 Å². The van der Waals surface area contributed by atoms with Crippen LogP contribution in [-0.2, 0) is 6.42 Å². The van der Waals surface area contributed by atoms with Gasteiger partial charge in [-0.3, -0.25) is 4.79 Å². The van der Waals surface area contributed by atoms with E-state index >= 15 is 0 Å². The van der Waals surface area contributed by atoms with Crippen molar-refractivity contribution in [2.24, 2.45) is 0 Å². The number of nitriles is 1. The first-order valence-electron chi connectivity index (χ1n) is 6.04. The van der Waals surface area contributed by atoms with Crippen LogP contribution in [0.5, 0.6) is 0 Å². The number of benzene rings is 1. The highest BCUT2D eigenvalue weighted by Crippen LogP contribution is 2.21. The van der Waals surface area contributed by atoms with Crippen LogP contribution in [-0.4, -0.2) is 5.91 Å². The minimum Gasteiger partial charge on any atom is -0.321 e. The van der Waals surface area contributed by atoms with Gasteiger partial charge in [-0.15, -0.1) is 11.3 Å². The Balaban J connectivity index is 2.27. The number of carbonyl (C=O) groups is 1. The van der Waals surface area contributed by atoms with Gasteiger partial charge in [-0.25, -0.2) is 0 Å². The molecule has 0 aliphatic heterocycles. The molecule has 0 bridgehead atoms. The number of amides is 1. The monoisotopic (exact) mass is 270 g/mol. The lowest BCUT2D eigenvalue weighted by Crippen LogP contribution is -2.13. The normalized spacial score (nSPS) is 9.95. The molecule has 0 saturated heterocycles. The molecule has 0 aliphatic carbocycles. The van der Waals surface area contributed by atoms with Crippen molar-refractivity contribution in [1.29, 1.82) is 5.26 Å². The first-order valence-corrected chi connectivity index (χ1v) is 6.92. The largest absolute Gasteiger partial charge is 0.321 e. The van der Waals surface area contributed by atoms with E-state index < -0.39 is 0 Å². The number of aryl methyl sites for hydroxylation is 2. The highest BCUT2D eigenvalue weighted by Gasteiger charge is 2.13. The molecule has 3 nitrogen and oxygen atoms in total. The second-order valence-corrected chi connectivity index (χ2v) is 5.14. The number of thiophene rings is 1. The Morgan fingerprint density at radius 2 is 2.21 bits per heavy atom. The van der Waals surface area contributed by atoms with E-state index in [4.69, 9.17) is 5.26 Å². The van der Waals surface area contributed by atoms with Crippen molar-refractivity contribution in [3.8, 4) is 6.07 Å². The summed E-state index contributed by atoms with van der Waals surface area (Å²) in [6.45, 7) is 3.94. The predicted octanol–water partition coefficient (Wildman–Crippen LogP) is 3.74. The van der Waals surface area contributed by atoms with Crippen LogP contribution in [0.25, 0.3) is 0 Å². The van der Waals surface area contributed by atoms with Crippen molar-refractivity contribution in [1.82, 2.24) is 0 Å². The average Bonchev–Trinajstić information content (AvgIpc) is 2.89. The van der Waals surface area contributed by atoms with Crippen molar-refractivity contribution in [3.05, 3.63) is 51.2 Å². The summed E-state index contributed by atoms with van der Waals surface area (Å²) in [5.74, 6) is -0.106. The molecule has 0 fully saturated rings. The van der Waals surface area contributed by atoms with E-state index in [1.807, 2.05) is 31.4 Å². The summed E-state index contributed by atoms with van der Waals surface area (Å²) < 4.78 is 0. The molecule has 96 valence electrons. The Labute approximate surface area is 116 Å². The number of carbonyl (C=O) groups excluding carboxylic acids is 1. The van der Waals surface area contributed by atoms with Gasteiger partial charge in [0.2, 0.25) is 0 Å². The fourth-order valence-corrected chi connectivity index (χ4v) is 2.71. The Hall–Kier alpha value is -2.12. The van der Waals surface area contributed by atoms with E-state index in [0.29, 0.717) is 11.3 Å². The van der Waals surface area contributed by atoms with Gasteiger partial charge in [0.05, 0.1) is 16.5 Å². The molecule has 0 atom stereocenters. The molecule has 0 saturated carbocycles. The molecule has 0 aliphatic rings. The number of hydrogen-bond donors (Lipinski definition) is 1. The molecule has 0 spiro atoms. The minimum atomic E-state index is -0.106. The number of nitrogens with zero attached hydrogens (tertiary/aromatic N) is 1. The van der Waals surface area contributed by atoms with E-state index in [-0.39, 0.29) is 5.91 Å². The van der Waals surface area contributed by atoms with Gasteiger partial charge in [0, 0.05) is 5.69 Å². The SMILES string of the molecule is CCc1ccsc1C(=O)Nc1cc(C#N)ccc1C. The fraction of sp³-hybridized carbons (Fsp3) is 0.200. The maximum absolute atomic E-state index is 12.2. The highest BCUT2D eigenvalue weighted by atomic mass is 32.1. The average molecular weight is 270 g/mol. The summed E-state index contributed by atoms with van der Waals surface area (Å²) in [5, 5.41) is 13.7. The third-order valence-corrected chi connectivity index (χ3v) is 3.90. The van der Waals surface area contributed by atoms with Crippen LogP contribution in [0, 0.1) is 18.3 Å². The Morgan fingerprint density at radius 3 is 2.89 bits per heavy atom. The van der Waals surface area contributed by atoms with Crippen molar-refractivity contribution < 1.29 is 4.79 Å². The van der Waals surface area contributed by atoms with E-state index in [2.05, 4.69) is 11.4 Å². The molecule has 4 heteroatoms. The van der Waals surface area contributed by atoms with Crippen LogP contribution >= 0.6 is 11.3 Å². The summed E-state index contributed by atoms with van der Waals surface area (Å²) in [5.41, 5.74) is 3.24. The fourth-order valence-electron chi connectivity index (χ4n) is 1.82. The lowest BCUT2D eigenvalue weighted by atomic mass is 10.1. The molecule has 19 heavy (non-hydrogen) atoms. The van der Waals surface area contributed by atoms with Gasteiger partial charge in [-0.05, 0) is 48.1 Å². The molecule has 0 unspecified atom stereocenters. The van der Waals surface area contributed by atoms with Gasteiger partial charge in [-0.2, -0.15) is 5.26 Å². The van der Waals surface area contributed by atoms with Crippen LogP contribution in [0.15, 0.2) is 29.6 Å². The Morgan fingerprint density at radius 1 is 1.42 bits per heavy atom. The first-order chi connectivity index (χ1) is 9.15. The molecule has 1 heterocycles. The zero-order chi connectivity index (χ0) is 13.8. The topological polar surface area (TPSA) is 52.9 Å². The number of anilines is 1. The predicted molar refractivity (Wildman–Crippen MR) is 77.5 cm³/mol. The van der Waals surface area contributed by atoms with Crippen LogP contribution in [0.4, 0.5) is 5.69 Å². The maximum atomic E-state index is 12.2. The lowest BCUT2D eigenvalue weighted by Gasteiger charge is -2.08. The second-order valence-electron chi connectivity index (χ2n) is 4.22. The number of nitrogens with one attached hydrogen (secondary N) is 1. The maximum Gasteiger partial charge on any atom is 0.266 e. The summed E-state index contributed by atoms with van der Waals surface area (Å²) in [6, 6.07) is 9.33. The summed E-state index contributed by atoms with van der Waals surface area (Å²) in [7, 11) is 0. The molecular formula is C15H14N2OS. The van der Waals surface area contributed by atoms with Gasteiger partial charge < -0.3 is 5.32 Å². The molecule has 1 aromatic heterocycles. The number of rotatable bonds is 3. The van der Waals surface area contributed by atoms with Gasteiger partial charge in [0.15, 0.2) is 0 Å². The van der Waals surface area contributed by atoms with Crippen molar-refractivity contribution in [2.75, 3.05) is 5.32 Å². The third kappa shape index (κ3) is 2.83. The smallest absolute Gasteiger partial charge is 0.266 e. The zero-order valence-corrected chi connectivity index (χ0v) is 11.7. The lowest BCUT2D eigenvalue weighted by molar-refractivity contribution is 0.102. The van der Waals surface area contributed by atoms with E-state index in [0.717, 1.165) is 22.4 Å². The van der Waals surface area contributed by atoms with Crippen LogP contribution in [0.3, 0.4) is 0 Å². The van der Waals surface area contributed by atoms with Crippen molar-refractivity contribution in [2.45, 2.75) is 20.3 Å². The van der Waals surface area contributed by atoms with E-state index in [1.165, 1.54) is 11.3 Å². The van der Waals surface area contributed by atoms with Crippen molar-refractivity contribution >= 4 is 22.9 Å². The molecule has 2 aromatic rings. The highest BCUT2D eigenvalue weighted by molar-refractivity contribution is 7.12. The second kappa shape index (κ2) is 5.68. The molecule has 2 rings (SSSR count). The number of hydrogen-bond acceptors (Lipinski definition) is 3. The summed E-state index contributed by atoms with van der Waals surface area (Å²) in [6.07, 6.45) is 0.837. The van der Waals surface area contributed by atoms with Gasteiger partial charge in [-0.1, -0.05) is 13.0 Å². The summed E-state index contributed by atoms with van der Waals surface area (Å²) in [4.78, 5) is 13.0. The standard InChI is InChI=1S/C15H14N2OS/c1-3-12-6-7-19-14(12)15(18)17-13-8-11(9-16)5-4-10(13)2/h4-8H,3H2,1-2H3,(H,17,18). The Kier molecular flexibility index (Phi) is 3.98. The Bertz CT molecular complexity index is 652. The summed E-state index contributed by atoms with van der Waals surface area (Å²) >= 11 is 1.44. The van der Waals surface area contributed by atoms with Gasteiger partial charge in [0.25, 0.3) is 5.91 Å². The molecule has 1 aromatic carbocycles. The quantitative estimate of drug-likeness (QED) is 0.923. The van der Waals surface area contributed by atoms with Crippen LogP contribution in [0.1, 0.15) is 33.3 Å². The minimum absolute atomic E-state index is 0.106. The first kappa shape index (κ1) is 13.3. The molecule has 0 radical (unpaired) electrons. The molecular weight excluding hydrogens is 256 g/mol. The van der Waals surface area contributed by atoms with Crippen molar-refractivity contribution in [3.63, 3.8) is 0 Å². The third-order valence-electron chi connectivity index (χ3n) is 2.95. The molecule has 1 amide bonds. The van der Waals surface area contributed by atoms with Gasteiger partial charge >= 0.3 is 0 Å². The van der Waals surface area contributed by atoms with E-state index in [1.54, 1.807) is 12.1 Å². The van der Waals surface area contributed by atoms with E-state index in [9.17, 15) is 4.79 Å². The van der Waals surface area contributed by atoms with Gasteiger partial charge in [0.1, 0.15) is 0 Å². The van der Waals surface area contributed by atoms with Crippen LogP contribution < -0.4 is 5.32 Å².